The number of benzene rings is 2. The third-order valence-corrected chi connectivity index (χ3v) is 5.32. The summed E-state index contributed by atoms with van der Waals surface area (Å²) in [6.45, 7) is 5.18. The first-order valence-electron chi connectivity index (χ1n) is 9.29. The monoisotopic (exact) mass is 428 g/mol. The summed E-state index contributed by atoms with van der Waals surface area (Å²) in [6.07, 6.45) is -1.27. The van der Waals surface area contributed by atoms with Gasteiger partial charge >= 0.3 is 0 Å². The molecule has 2 heterocycles. The van der Waals surface area contributed by atoms with Crippen molar-refractivity contribution in [1.29, 1.82) is 0 Å². The summed E-state index contributed by atoms with van der Waals surface area (Å²) in [4.78, 5) is 18.4. The van der Waals surface area contributed by atoms with E-state index in [1.165, 1.54) is 23.6 Å². The summed E-state index contributed by atoms with van der Waals surface area (Å²) in [5, 5.41) is 8.80. The molecule has 0 spiro atoms. The summed E-state index contributed by atoms with van der Waals surface area (Å²) in [6, 6.07) is 8.42. The van der Waals surface area contributed by atoms with Crippen LogP contribution < -0.4 is 9.64 Å². The molecule has 0 radical (unpaired) electrons. The number of hydrogen-bond donors (Lipinski definition) is 0. The van der Waals surface area contributed by atoms with Gasteiger partial charge in [0, 0.05) is 12.5 Å². The van der Waals surface area contributed by atoms with Crippen molar-refractivity contribution < 1.29 is 18.3 Å². The van der Waals surface area contributed by atoms with Gasteiger partial charge in [0.15, 0.2) is 5.69 Å². The summed E-state index contributed by atoms with van der Waals surface area (Å²) in [7, 11) is 0. The second kappa shape index (κ2) is 7.98. The number of amides is 1. The first-order chi connectivity index (χ1) is 14.4. The van der Waals surface area contributed by atoms with E-state index in [4.69, 9.17) is 4.74 Å². The lowest BCUT2D eigenvalue weighted by Gasteiger charge is -2.30. The van der Waals surface area contributed by atoms with Crippen molar-refractivity contribution in [1.82, 2.24) is 15.2 Å². The number of halogens is 2. The van der Waals surface area contributed by atoms with Crippen LogP contribution in [0.25, 0.3) is 11.3 Å². The Hall–Kier alpha value is -3.07. The van der Waals surface area contributed by atoms with Crippen molar-refractivity contribution in [3.8, 4) is 17.1 Å². The number of ether oxygens (including phenoxy) is 1. The van der Waals surface area contributed by atoms with E-state index in [1.807, 2.05) is 26.0 Å². The van der Waals surface area contributed by atoms with Crippen LogP contribution in [-0.2, 0) is 4.79 Å². The minimum Gasteiger partial charge on any atom is -0.447 e. The SMILES string of the molecule is CCSc1nnc2c(n1)OC(c1cc(F)ccc1F)N(C(C)=O)c1ccc(C)cc1-2. The Bertz CT molecular complexity index is 1140. The summed E-state index contributed by atoms with van der Waals surface area (Å²) in [5.74, 6) is -0.925. The third-order valence-electron chi connectivity index (χ3n) is 4.60. The second-order valence-electron chi connectivity index (χ2n) is 6.73. The third kappa shape index (κ3) is 3.60. The number of aromatic nitrogens is 3. The van der Waals surface area contributed by atoms with Crippen molar-refractivity contribution in [2.75, 3.05) is 10.7 Å². The molecule has 3 aromatic rings. The van der Waals surface area contributed by atoms with Crippen LogP contribution in [0.4, 0.5) is 14.5 Å². The number of fused-ring (bicyclic) bond motifs is 3. The molecule has 0 N–H and O–H groups in total. The number of hydrogen-bond acceptors (Lipinski definition) is 6. The Kier molecular flexibility index (Phi) is 5.38. The van der Waals surface area contributed by atoms with E-state index in [9.17, 15) is 13.6 Å². The molecule has 0 saturated carbocycles. The number of nitrogens with zero attached hydrogens (tertiary/aromatic N) is 4. The molecule has 1 unspecified atom stereocenters. The van der Waals surface area contributed by atoms with Gasteiger partial charge in [-0.1, -0.05) is 30.3 Å². The predicted molar refractivity (Wildman–Crippen MR) is 109 cm³/mol. The molecule has 0 aliphatic carbocycles. The predicted octanol–water partition coefficient (Wildman–Crippen LogP) is 4.68. The van der Waals surface area contributed by atoms with E-state index in [0.29, 0.717) is 22.1 Å². The molecule has 1 amide bonds. The van der Waals surface area contributed by atoms with Crippen LogP contribution in [0.3, 0.4) is 0 Å². The van der Waals surface area contributed by atoms with Crippen LogP contribution in [0.5, 0.6) is 5.88 Å². The maximum absolute atomic E-state index is 14.7. The van der Waals surface area contributed by atoms with E-state index in [1.54, 1.807) is 6.07 Å². The Morgan fingerprint density at radius 3 is 2.73 bits per heavy atom. The van der Waals surface area contributed by atoms with Gasteiger partial charge in [0.2, 0.25) is 23.2 Å². The van der Waals surface area contributed by atoms with Gasteiger partial charge < -0.3 is 4.74 Å². The van der Waals surface area contributed by atoms with Gasteiger partial charge in [0.25, 0.3) is 0 Å². The number of anilines is 1. The summed E-state index contributed by atoms with van der Waals surface area (Å²) >= 11 is 1.37. The highest BCUT2D eigenvalue weighted by atomic mass is 32.2. The van der Waals surface area contributed by atoms with Gasteiger partial charge in [0.1, 0.15) is 11.6 Å². The molecule has 0 fully saturated rings. The van der Waals surface area contributed by atoms with Gasteiger partial charge in [-0.25, -0.2) is 8.78 Å². The smallest absolute Gasteiger partial charge is 0.247 e. The average Bonchev–Trinajstić information content (AvgIpc) is 2.84. The highest BCUT2D eigenvalue weighted by Gasteiger charge is 2.36. The van der Waals surface area contributed by atoms with Gasteiger partial charge in [0.05, 0.1) is 11.3 Å². The molecule has 1 aromatic heterocycles. The van der Waals surface area contributed by atoms with Gasteiger partial charge in [-0.15, -0.1) is 10.2 Å². The zero-order chi connectivity index (χ0) is 21.4. The van der Waals surface area contributed by atoms with E-state index in [-0.39, 0.29) is 11.4 Å². The fourth-order valence-electron chi connectivity index (χ4n) is 3.31. The first kappa shape index (κ1) is 20.2. The van der Waals surface area contributed by atoms with E-state index in [2.05, 4.69) is 15.2 Å². The lowest BCUT2D eigenvalue weighted by atomic mass is 10.0. The largest absolute Gasteiger partial charge is 0.447 e. The van der Waals surface area contributed by atoms with Crippen molar-refractivity contribution in [2.45, 2.75) is 32.2 Å². The standard InChI is InChI=1S/C21H18F2N4O2S/c1-4-30-21-24-19-18(25-26-21)15-9-11(2)5-8-17(15)27(12(3)28)20(29-19)14-10-13(22)6-7-16(14)23/h5-10,20H,4H2,1-3H3. The van der Waals surface area contributed by atoms with Crippen molar-refractivity contribution in [3.05, 3.63) is 59.2 Å². The van der Waals surface area contributed by atoms with Crippen LogP contribution in [0.2, 0.25) is 0 Å². The number of carbonyl (C=O) groups is 1. The lowest BCUT2D eigenvalue weighted by molar-refractivity contribution is -0.118. The minimum atomic E-state index is -1.27. The second-order valence-corrected chi connectivity index (χ2v) is 7.96. The summed E-state index contributed by atoms with van der Waals surface area (Å²) < 4.78 is 34.7. The Morgan fingerprint density at radius 2 is 2.00 bits per heavy atom. The molecule has 4 rings (SSSR count). The molecular weight excluding hydrogens is 410 g/mol. The molecule has 154 valence electrons. The van der Waals surface area contributed by atoms with E-state index < -0.39 is 23.8 Å². The van der Waals surface area contributed by atoms with Crippen molar-refractivity contribution >= 4 is 23.4 Å². The average molecular weight is 428 g/mol. The Morgan fingerprint density at radius 1 is 1.20 bits per heavy atom. The van der Waals surface area contributed by atoms with Crippen molar-refractivity contribution in [3.63, 3.8) is 0 Å². The molecule has 0 bridgehead atoms. The number of rotatable bonds is 3. The van der Waals surface area contributed by atoms with Crippen LogP contribution in [0, 0.1) is 18.6 Å². The van der Waals surface area contributed by atoms with Gasteiger partial charge in [-0.3, -0.25) is 9.69 Å². The first-order valence-corrected chi connectivity index (χ1v) is 10.3. The van der Waals surface area contributed by atoms with E-state index in [0.717, 1.165) is 29.5 Å². The molecule has 9 heteroatoms. The quantitative estimate of drug-likeness (QED) is 0.564. The molecule has 0 saturated heterocycles. The highest BCUT2D eigenvalue weighted by Crippen LogP contribution is 2.44. The van der Waals surface area contributed by atoms with Crippen LogP contribution in [0.15, 0.2) is 41.6 Å². The van der Waals surface area contributed by atoms with E-state index >= 15 is 0 Å². The number of carbonyl (C=O) groups excluding carboxylic acids is 1. The summed E-state index contributed by atoms with van der Waals surface area (Å²) in [5.41, 5.74) is 2.17. The highest BCUT2D eigenvalue weighted by molar-refractivity contribution is 7.99. The number of aryl methyl sites for hydroxylation is 1. The molecule has 6 nitrogen and oxygen atoms in total. The van der Waals surface area contributed by atoms with Crippen LogP contribution in [0.1, 0.15) is 31.2 Å². The maximum Gasteiger partial charge on any atom is 0.247 e. The molecule has 2 aromatic carbocycles. The van der Waals surface area contributed by atoms with Gasteiger partial charge in [-0.2, -0.15) is 4.98 Å². The Labute approximate surface area is 176 Å². The minimum absolute atomic E-state index is 0.102. The fraction of sp³-hybridized carbons (Fsp3) is 0.238. The fourth-order valence-corrected chi connectivity index (χ4v) is 3.82. The lowest BCUT2D eigenvalue weighted by Crippen LogP contribution is -2.36. The topological polar surface area (TPSA) is 68.2 Å². The normalized spacial score (nSPS) is 15.1. The molecule has 1 atom stereocenters. The molecule has 30 heavy (non-hydrogen) atoms. The number of thioether (sulfide) groups is 1. The molecule has 1 aliphatic rings. The van der Waals surface area contributed by atoms with Crippen LogP contribution in [-0.4, -0.2) is 26.8 Å². The van der Waals surface area contributed by atoms with Crippen molar-refractivity contribution in [2.24, 2.45) is 0 Å². The zero-order valence-electron chi connectivity index (χ0n) is 16.5. The van der Waals surface area contributed by atoms with Crippen LogP contribution >= 0.6 is 11.8 Å². The van der Waals surface area contributed by atoms with Gasteiger partial charge in [-0.05, 0) is 43.0 Å². The molecule has 1 aliphatic heterocycles. The maximum atomic E-state index is 14.7. The Balaban J connectivity index is 2.00. The molecular formula is C21H18F2N4O2S. The zero-order valence-corrected chi connectivity index (χ0v) is 17.3.